The maximum absolute atomic E-state index is 11.8. The average molecular weight is 309 g/mol. The minimum absolute atomic E-state index is 0.0288. The summed E-state index contributed by atoms with van der Waals surface area (Å²) >= 11 is 0. The highest BCUT2D eigenvalue weighted by Gasteiger charge is 2.24. The molecule has 23 heavy (non-hydrogen) atoms. The molecule has 0 heterocycles. The Hall–Kier alpha value is -2.13. The highest BCUT2D eigenvalue weighted by Crippen LogP contribution is 2.31. The molecule has 0 fully saturated rings. The van der Waals surface area contributed by atoms with Gasteiger partial charge in [-0.2, -0.15) is 0 Å². The number of carbonyl (C=O) groups excluding carboxylic acids is 1. The van der Waals surface area contributed by atoms with Crippen LogP contribution in [0.4, 0.5) is 5.69 Å². The van der Waals surface area contributed by atoms with Gasteiger partial charge in [-0.1, -0.05) is 30.3 Å². The third-order valence-corrected chi connectivity index (χ3v) is 4.76. The smallest absolute Gasteiger partial charge is 0.161 e. The van der Waals surface area contributed by atoms with Gasteiger partial charge in [0.1, 0.15) is 6.61 Å². The largest absolute Gasteiger partial charge is 0.389 e. The standard InChI is InChI=1S/C20H23NO2/c1-21(2)19-9-7-14(8-10-19)16-5-3-15-4-6-17(20(23)13-22)12-18(15)11-16/h3,5,7-11,17,22H,4,6,12-13H2,1-2H3. The third-order valence-electron chi connectivity index (χ3n) is 4.76. The number of Topliss-reactive ketones (excluding diaryl/α,β-unsaturated/α-hetero) is 1. The van der Waals surface area contributed by atoms with Crippen LogP contribution in [0, 0.1) is 5.92 Å². The lowest BCUT2D eigenvalue weighted by Gasteiger charge is -2.23. The molecule has 120 valence electrons. The van der Waals surface area contributed by atoms with Crippen LogP contribution in [0.2, 0.25) is 0 Å². The molecule has 0 saturated carbocycles. The minimum Gasteiger partial charge on any atom is -0.389 e. The van der Waals surface area contributed by atoms with E-state index in [0.717, 1.165) is 19.3 Å². The Morgan fingerprint density at radius 1 is 1.09 bits per heavy atom. The number of hydrogen-bond acceptors (Lipinski definition) is 3. The molecule has 1 aliphatic rings. The summed E-state index contributed by atoms with van der Waals surface area (Å²) in [4.78, 5) is 13.9. The number of aryl methyl sites for hydroxylation is 1. The van der Waals surface area contributed by atoms with Gasteiger partial charge in [0, 0.05) is 25.7 Å². The molecule has 3 heteroatoms. The molecule has 2 aromatic carbocycles. The van der Waals surface area contributed by atoms with E-state index >= 15 is 0 Å². The van der Waals surface area contributed by atoms with Gasteiger partial charge in [-0.25, -0.2) is 0 Å². The number of hydrogen-bond donors (Lipinski definition) is 1. The van der Waals surface area contributed by atoms with E-state index in [-0.39, 0.29) is 18.3 Å². The van der Waals surface area contributed by atoms with Crippen LogP contribution in [-0.2, 0) is 17.6 Å². The average Bonchev–Trinajstić information content (AvgIpc) is 2.60. The van der Waals surface area contributed by atoms with Gasteiger partial charge in [0.15, 0.2) is 5.78 Å². The van der Waals surface area contributed by atoms with Gasteiger partial charge in [-0.05, 0) is 53.6 Å². The maximum Gasteiger partial charge on any atom is 0.161 e. The number of rotatable bonds is 4. The normalized spacial score (nSPS) is 16.7. The molecule has 1 unspecified atom stereocenters. The number of benzene rings is 2. The molecule has 0 aromatic heterocycles. The van der Waals surface area contributed by atoms with Crippen molar-refractivity contribution in [3.05, 3.63) is 53.6 Å². The van der Waals surface area contributed by atoms with E-state index in [0.29, 0.717) is 0 Å². The quantitative estimate of drug-likeness (QED) is 0.943. The molecule has 1 N–H and O–H groups in total. The van der Waals surface area contributed by atoms with Crippen LogP contribution in [-0.4, -0.2) is 31.6 Å². The first-order chi connectivity index (χ1) is 11.1. The van der Waals surface area contributed by atoms with E-state index in [4.69, 9.17) is 5.11 Å². The first kappa shape index (κ1) is 15.8. The molecule has 0 spiro atoms. The molecule has 0 bridgehead atoms. The van der Waals surface area contributed by atoms with Crippen LogP contribution >= 0.6 is 0 Å². The molecule has 0 saturated heterocycles. The van der Waals surface area contributed by atoms with E-state index in [9.17, 15) is 4.79 Å². The summed E-state index contributed by atoms with van der Waals surface area (Å²) in [7, 11) is 4.07. The van der Waals surface area contributed by atoms with Crippen molar-refractivity contribution in [2.45, 2.75) is 19.3 Å². The van der Waals surface area contributed by atoms with E-state index < -0.39 is 0 Å². The van der Waals surface area contributed by atoms with E-state index in [1.807, 2.05) is 14.1 Å². The van der Waals surface area contributed by atoms with Gasteiger partial charge in [0.25, 0.3) is 0 Å². The predicted octanol–water partition coefficient (Wildman–Crippen LogP) is 3.09. The van der Waals surface area contributed by atoms with Crippen LogP contribution in [0.3, 0.4) is 0 Å². The van der Waals surface area contributed by atoms with Crippen LogP contribution in [0.5, 0.6) is 0 Å². The van der Waals surface area contributed by atoms with Crippen LogP contribution in [0.1, 0.15) is 17.5 Å². The third kappa shape index (κ3) is 3.30. The van der Waals surface area contributed by atoms with E-state index in [2.05, 4.69) is 47.4 Å². The second-order valence-corrected chi connectivity index (χ2v) is 6.49. The fourth-order valence-corrected chi connectivity index (χ4v) is 3.29. The second-order valence-electron chi connectivity index (χ2n) is 6.49. The summed E-state index contributed by atoms with van der Waals surface area (Å²) in [6.07, 6.45) is 2.52. The fraction of sp³-hybridized carbons (Fsp3) is 0.350. The summed E-state index contributed by atoms with van der Waals surface area (Å²) in [5.74, 6) is -0.0599. The SMILES string of the molecule is CN(C)c1ccc(-c2ccc3c(c2)CC(C(=O)CO)CC3)cc1. The van der Waals surface area contributed by atoms with Gasteiger partial charge >= 0.3 is 0 Å². The minimum atomic E-state index is -0.342. The topological polar surface area (TPSA) is 40.5 Å². The van der Waals surface area contributed by atoms with Crippen LogP contribution < -0.4 is 4.90 Å². The Labute approximate surface area is 137 Å². The van der Waals surface area contributed by atoms with Crippen molar-refractivity contribution in [3.63, 3.8) is 0 Å². The zero-order chi connectivity index (χ0) is 16.4. The van der Waals surface area contributed by atoms with Gasteiger partial charge in [0.2, 0.25) is 0 Å². The highest BCUT2D eigenvalue weighted by atomic mass is 16.3. The zero-order valence-electron chi connectivity index (χ0n) is 13.7. The summed E-state index contributed by atoms with van der Waals surface area (Å²) in [5.41, 5.74) is 6.14. The molecule has 1 atom stereocenters. The molecular weight excluding hydrogens is 286 g/mol. The Morgan fingerprint density at radius 3 is 2.43 bits per heavy atom. The number of aliphatic hydroxyl groups is 1. The zero-order valence-corrected chi connectivity index (χ0v) is 13.7. The highest BCUT2D eigenvalue weighted by molar-refractivity contribution is 5.82. The number of anilines is 1. The Kier molecular flexibility index (Phi) is 4.49. The lowest BCUT2D eigenvalue weighted by molar-refractivity contribution is -0.125. The van der Waals surface area contributed by atoms with E-state index in [1.54, 1.807) is 0 Å². The molecular formula is C20H23NO2. The first-order valence-electron chi connectivity index (χ1n) is 8.11. The molecule has 0 amide bonds. The Morgan fingerprint density at radius 2 is 1.78 bits per heavy atom. The number of nitrogens with zero attached hydrogens (tertiary/aromatic N) is 1. The van der Waals surface area contributed by atoms with E-state index in [1.165, 1.54) is 27.9 Å². The molecule has 3 nitrogen and oxygen atoms in total. The number of aliphatic hydroxyl groups excluding tert-OH is 1. The predicted molar refractivity (Wildman–Crippen MR) is 93.8 cm³/mol. The number of carbonyl (C=O) groups is 1. The maximum atomic E-state index is 11.8. The van der Waals surface area contributed by atoms with Gasteiger partial charge in [-0.15, -0.1) is 0 Å². The Balaban J connectivity index is 1.87. The summed E-state index contributed by atoms with van der Waals surface area (Å²) in [6, 6.07) is 15.1. The van der Waals surface area contributed by atoms with Crippen LogP contribution in [0.15, 0.2) is 42.5 Å². The van der Waals surface area contributed by atoms with Crippen molar-refractivity contribution in [2.24, 2.45) is 5.92 Å². The summed E-state index contributed by atoms with van der Waals surface area (Å²) in [6.45, 7) is -0.342. The molecule has 3 rings (SSSR count). The van der Waals surface area contributed by atoms with Crippen molar-refractivity contribution in [1.82, 2.24) is 0 Å². The molecule has 1 aliphatic carbocycles. The lowest BCUT2D eigenvalue weighted by Crippen LogP contribution is -2.24. The monoisotopic (exact) mass is 309 g/mol. The fourth-order valence-electron chi connectivity index (χ4n) is 3.29. The van der Waals surface area contributed by atoms with Crippen molar-refractivity contribution >= 4 is 11.5 Å². The molecule has 0 aliphatic heterocycles. The van der Waals surface area contributed by atoms with Crippen molar-refractivity contribution in [3.8, 4) is 11.1 Å². The summed E-state index contributed by atoms with van der Waals surface area (Å²) < 4.78 is 0. The first-order valence-corrected chi connectivity index (χ1v) is 8.11. The second kappa shape index (κ2) is 6.55. The van der Waals surface area contributed by atoms with Gasteiger partial charge < -0.3 is 10.0 Å². The van der Waals surface area contributed by atoms with Crippen LogP contribution in [0.25, 0.3) is 11.1 Å². The van der Waals surface area contributed by atoms with Gasteiger partial charge in [0.05, 0.1) is 0 Å². The Bertz CT molecular complexity index is 704. The van der Waals surface area contributed by atoms with Crippen molar-refractivity contribution < 1.29 is 9.90 Å². The van der Waals surface area contributed by atoms with Crippen molar-refractivity contribution in [2.75, 3.05) is 25.6 Å². The lowest BCUT2D eigenvalue weighted by atomic mass is 9.81. The van der Waals surface area contributed by atoms with Crippen molar-refractivity contribution in [1.29, 1.82) is 0 Å². The summed E-state index contributed by atoms with van der Waals surface area (Å²) in [5, 5.41) is 9.08. The molecule has 2 aromatic rings. The molecule has 0 radical (unpaired) electrons. The number of ketones is 1. The number of fused-ring (bicyclic) bond motifs is 1. The van der Waals surface area contributed by atoms with Gasteiger partial charge in [-0.3, -0.25) is 4.79 Å².